The summed E-state index contributed by atoms with van der Waals surface area (Å²) in [5, 5.41) is 12.5. The van der Waals surface area contributed by atoms with Crippen LogP contribution in [-0.2, 0) is 4.79 Å². The fourth-order valence-corrected chi connectivity index (χ4v) is 4.76. The average Bonchev–Trinajstić information content (AvgIpc) is 3.03. The summed E-state index contributed by atoms with van der Waals surface area (Å²) >= 11 is 0. The molecule has 0 saturated carbocycles. The number of amides is 1. The lowest BCUT2D eigenvalue weighted by atomic mass is 9.79. The Kier molecular flexibility index (Phi) is 5.21. The second-order valence-electron chi connectivity index (χ2n) is 8.68. The van der Waals surface area contributed by atoms with E-state index in [0.717, 1.165) is 32.4 Å². The summed E-state index contributed by atoms with van der Waals surface area (Å²) in [7, 11) is 0. The molecule has 3 unspecified atom stereocenters. The molecule has 1 aromatic carbocycles. The number of aromatic amines is 1. The third-order valence-corrected chi connectivity index (χ3v) is 6.34. The number of carbonyl (C=O) groups is 1. The average molecular weight is 435 g/mol. The van der Waals surface area contributed by atoms with Crippen molar-refractivity contribution in [2.45, 2.75) is 32.1 Å². The Morgan fingerprint density at radius 1 is 1.19 bits per heavy atom. The van der Waals surface area contributed by atoms with Crippen molar-refractivity contribution in [1.82, 2.24) is 9.97 Å². The largest absolute Gasteiger partial charge is 0.490 e. The Balaban J connectivity index is 1.60. The summed E-state index contributed by atoms with van der Waals surface area (Å²) < 4.78 is 11.5. The van der Waals surface area contributed by atoms with E-state index in [0.29, 0.717) is 47.7 Å². The molecular formula is C23H25N5O4. The normalized spacial score (nSPS) is 24.7. The maximum absolute atomic E-state index is 13.3. The first-order valence-electron chi connectivity index (χ1n) is 11.0. The summed E-state index contributed by atoms with van der Waals surface area (Å²) in [6.07, 6.45) is 2.92. The first-order chi connectivity index (χ1) is 15.5. The van der Waals surface area contributed by atoms with Crippen LogP contribution >= 0.6 is 0 Å². The number of piperidine rings is 1. The highest BCUT2D eigenvalue weighted by Crippen LogP contribution is 2.41. The second kappa shape index (κ2) is 8.19. The van der Waals surface area contributed by atoms with Crippen molar-refractivity contribution in [2.75, 3.05) is 36.5 Å². The Morgan fingerprint density at radius 2 is 2.00 bits per heavy atom. The minimum atomic E-state index is -1.06. The molecule has 3 aliphatic rings. The van der Waals surface area contributed by atoms with Crippen molar-refractivity contribution in [3.8, 4) is 17.6 Å². The fraction of sp³-hybridized carbons (Fsp3) is 0.478. The molecule has 1 amide bonds. The lowest BCUT2D eigenvalue weighted by Gasteiger charge is -2.33. The van der Waals surface area contributed by atoms with E-state index in [1.165, 1.54) is 0 Å². The van der Waals surface area contributed by atoms with Crippen LogP contribution in [0.4, 0.5) is 11.8 Å². The third-order valence-electron chi connectivity index (χ3n) is 6.34. The molecule has 9 nitrogen and oxygen atoms in total. The summed E-state index contributed by atoms with van der Waals surface area (Å²) in [6.45, 7) is 4.83. The molecule has 0 aliphatic carbocycles. The Morgan fingerprint density at radius 3 is 2.78 bits per heavy atom. The molecule has 1 fully saturated rings. The van der Waals surface area contributed by atoms with Gasteiger partial charge in [0.05, 0.1) is 24.8 Å². The van der Waals surface area contributed by atoms with E-state index in [4.69, 9.17) is 9.47 Å². The molecule has 32 heavy (non-hydrogen) atoms. The molecule has 3 atom stereocenters. The molecule has 9 heteroatoms. The molecule has 2 N–H and O–H groups in total. The number of fused-ring (bicyclic) bond motifs is 2. The van der Waals surface area contributed by atoms with Crippen molar-refractivity contribution < 1.29 is 14.3 Å². The SMILES string of the molecule is CC1CCCN(c2nc3c(c(=O)[nH]2)C(c2ccc4c(c2)OCCCO4)C(C#N)C(=O)N3)C1. The van der Waals surface area contributed by atoms with E-state index in [1.807, 2.05) is 4.90 Å². The minimum Gasteiger partial charge on any atom is -0.490 e. The number of nitrogens with zero attached hydrogens (tertiary/aromatic N) is 3. The number of hydrogen-bond acceptors (Lipinski definition) is 7. The van der Waals surface area contributed by atoms with Gasteiger partial charge in [-0.3, -0.25) is 14.6 Å². The standard InChI is InChI=1S/C23H25N5O4/c1-13-4-2-7-28(12-13)23-26-20-19(22(30)27-23)18(15(11-24)21(29)25-20)14-5-6-16-17(10-14)32-9-3-8-31-16/h5-6,10,13,15,18H,2-4,7-9,12H2,1H3,(H2,25,26,27,29,30). The highest BCUT2D eigenvalue weighted by atomic mass is 16.5. The zero-order valence-corrected chi connectivity index (χ0v) is 17.9. The third kappa shape index (κ3) is 3.55. The van der Waals surface area contributed by atoms with Crippen LogP contribution in [0.1, 0.15) is 43.2 Å². The second-order valence-corrected chi connectivity index (χ2v) is 8.68. The molecule has 0 bridgehead atoms. The van der Waals surface area contributed by atoms with Gasteiger partial charge in [0, 0.05) is 25.4 Å². The lowest BCUT2D eigenvalue weighted by Crippen LogP contribution is -2.41. The maximum Gasteiger partial charge on any atom is 0.258 e. The van der Waals surface area contributed by atoms with Gasteiger partial charge < -0.3 is 19.7 Å². The highest BCUT2D eigenvalue weighted by molar-refractivity contribution is 5.98. The van der Waals surface area contributed by atoms with Gasteiger partial charge >= 0.3 is 0 Å². The van der Waals surface area contributed by atoms with Crippen LogP contribution in [0.2, 0.25) is 0 Å². The molecule has 3 aliphatic heterocycles. The van der Waals surface area contributed by atoms with Gasteiger partial charge in [0.2, 0.25) is 11.9 Å². The number of carbonyl (C=O) groups excluding carboxylic acids is 1. The van der Waals surface area contributed by atoms with Crippen LogP contribution in [0, 0.1) is 23.2 Å². The summed E-state index contributed by atoms with van der Waals surface area (Å²) in [4.78, 5) is 35.6. The van der Waals surface area contributed by atoms with E-state index < -0.39 is 17.7 Å². The number of nitriles is 1. The summed E-state index contributed by atoms with van der Waals surface area (Å²) in [5.74, 6) is 0.0474. The number of aromatic nitrogens is 2. The van der Waals surface area contributed by atoms with Gasteiger partial charge in [-0.05, 0) is 36.5 Å². The first-order valence-corrected chi connectivity index (χ1v) is 11.0. The first kappa shape index (κ1) is 20.4. The number of anilines is 2. The van der Waals surface area contributed by atoms with Gasteiger partial charge in [-0.15, -0.1) is 0 Å². The summed E-state index contributed by atoms with van der Waals surface area (Å²) in [6, 6.07) is 7.38. The summed E-state index contributed by atoms with van der Waals surface area (Å²) in [5.41, 5.74) is 0.587. The molecule has 2 aromatic rings. The van der Waals surface area contributed by atoms with Crippen LogP contribution in [0.15, 0.2) is 23.0 Å². The minimum absolute atomic E-state index is 0.218. The number of rotatable bonds is 2. The van der Waals surface area contributed by atoms with Crippen LogP contribution in [-0.4, -0.2) is 42.2 Å². The van der Waals surface area contributed by atoms with Gasteiger partial charge in [-0.25, -0.2) is 0 Å². The molecule has 0 radical (unpaired) electrons. The van der Waals surface area contributed by atoms with Gasteiger partial charge in [0.1, 0.15) is 11.7 Å². The van der Waals surface area contributed by atoms with Gasteiger partial charge in [0.15, 0.2) is 11.5 Å². The van der Waals surface area contributed by atoms with Crippen LogP contribution in [0.5, 0.6) is 11.5 Å². The van der Waals surface area contributed by atoms with E-state index in [1.54, 1.807) is 18.2 Å². The molecule has 0 spiro atoms. The molecule has 166 valence electrons. The van der Waals surface area contributed by atoms with Crippen molar-refractivity contribution >= 4 is 17.7 Å². The predicted octanol–water partition coefficient (Wildman–Crippen LogP) is 2.39. The topological polar surface area (TPSA) is 120 Å². The van der Waals surface area contributed by atoms with Crippen molar-refractivity contribution in [3.05, 3.63) is 39.7 Å². The number of benzene rings is 1. The fourth-order valence-electron chi connectivity index (χ4n) is 4.76. The predicted molar refractivity (Wildman–Crippen MR) is 117 cm³/mol. The van der Waals surface area contributed by atoms with Gasteiger partial charge in [-0.2, -0.15) is 10.2 Å². The highest BCUT2D eigenvalue weighted by Gasteiger charge is 2.41. The van der Waals surface area contributed by atoms with E-state index in [-0.39, 0.29) is 11.4 Å². The van der Waals surface area contributed by atoms with Crippen molar-refractivity contribution in [1.29, 1.82) is 5.26 Å². The zero-order chi connectivity index (χ0) is 22.2. The maximum atomic E-state index is 13.3. The zero-order valence-electron chi connectivity index (χ0n) is 17.9. The molecule has 1 aromatic heterocycles. The Bertz CT molecular complexity index is 1150. The molecule has 1 saturated heterocycles. The lowest BCUT2D eigenvalue weighted by molar-refractivity contribution is -0.119. The number of nitrogens with one attached hydrogen (secondary N) is 2. The number of H-pyrrole nitrogens is 1. The molecular weight excluding hydrogens is 410 g/mol. The van der Waals surface area contributed by atoms with Gasteiger partial charge in [0.25, 0.3) is 5.56 Å². The molecule has 5 rings (SSSR count). The smallest absolute Gasteiger partial charge is 0.258 e. The van der Waals surface area contributed by atoms with Crippen molar-refractivity contribution in [3.63, 3.8) is 0 Å². The van der Waals surface area contributed by atoms with Crippen LogP contribution in [0.3, 0.4) is 0 Å². The number of ether oxygens (including phenoxy) is 2. The Hall–Kier alpha value is -3.54. The van der Waals surface area contributed by atoms with Gasteiger partial charge in [-0.1, -0.05) is 13.0 Å². The van der Waals surface area contributed by atoms with E-state index in [9.17, 15) is 14.9 Å². The Labute approximate surface area is 185 Å². The van der Waals surface area contributed by atoms with Crippen LogP contribution in [0.25, 0.3) is 0 Å². The van der Waals surface area contributed by atoms with E-state index >= 15 is 0 Å². The quantitative estimate of drug-likeness (QED) is 0.743. The van der Waals surface area contributed by atoms with E-state index in [2.05, 4.69) is 28.3 Å². The molecule has 4 heterocycles. The number of hydrogen-bond donors (Lipinski definition) is 2. The van der Waals surface area contributed by atoms with Crippen molar-refractivity contribution in [2.24, 2.45) is 11.8 Å². The van der Waals surface area contributed by atoms with Crippen LogP contribution < -0.4 is 25.2 Å². The monoisotopic (exact) mass is 435 g/mol.